The number of nitrogens with one attached hydrogen (secondary N) is 1. The van der Waals surface area contributed by atoms with Gasteiger partial charge < -0.3 is 23.9 Å². The maximum absolute atomic E-state index is 13.3. The van der Waals surface area contributed by atoms with Crippen molar-refractivity contribution in [1.82, 2.24) is 14.8 Å². The third kappa shape index (κ3) is 5.02. The first-order valence-electron chi connectivity index (χ1n) is 11.0. The van der Waals surface area contributed by atoms with Crippen LogP contribution < -0.4 is 15.6 Å². The zero-order valence-corrected chi connectivity index (χ0v) is 19.8. The fourth-order valence-corrected chi connectivity index (χ4v) is 4.43. The zero-order chi connectivity index (χ0) is 24.2. The number of aromatic nitrogens is 1. The fourth-order valence-electron chi connectivity index (χ4n) is 4.22. The maximum Gasteiger partial charge on any atom is 0.257 e. The third-order valence-corrected chi connectivity index (χ3v) is 6.19. The molecule has 0 bridgehead atoms. The van der Waals surface area contributed by atoms with E-state index in [1.165, 1.54) is 13.2 Å². The molecule has 9 heteroatoms. The predicted molar refractivity (Wildman–Crippen MR) is 127 cm³/mol. The van der Waals surface area contributed by atoms with Crippen LogP contribution in [0.25, 0.3) is 0 Å². The molecule has 0 spiro atoms. The van der Waals surface area contributed by atoms with Crippen LogP contribution in [0.2, 0.25) is 5.02 Å². The van der Waals surface area contributed by atoms with Crippen molar-refractivity contribution in [3.8, 4) is 5.75 Å². The molecule has 34 heavy (non-hydrogen) atoms. The molecule has 0 radical (unpaired) electrons. The van der Waals surface area contributed by atoms with E-state index in [2.05, 4.69) is 5.32 Å². The first-order chi connectivity index (χ1) is 16.4. The van der Waals surface area contributed by atoms with Crippen molar-refractivity contribution < 1.29 is 18.7 Å². The zero-order valence-electron chi connectivity index (χ0n) is 19.0. The van der Waals surface area contributed by atoms with Crippen molar-refractivity contribution in [3.63, 3.8) is 0 Å². The smallest absolute Gasteiger partial charge is 0.257 e. The van der Waals surface area contributed by atoms with Crippen LogP contribution in [-0.2, 0) is 24.2 Å². The van der Waals surface area contributed by atoms with Crippen LogP contribution in [-0.4, -0.2) is 41.5 Å². The lowest BCUT2D eigenvalue weighted by Crippen LogP contribution is -2.35. The number of hydrogen-bond acceptors (Lipinski definition) is 5. The van der Waals surface area contributed by atoms with Gasteiger partial charge in [-0.2, -0.15) is 0 Å². The number of hydrogen-bond donors (Lipinski definition) is 1. The number of halogens is 1. The summed E-state index contributed by atoms with van der Waals surface area (Å²) >= 11 is 6.04. The molecule has 3 heterocycles. The van der Waals surface area contributed by atoms with E-state index in [1.54, 1.807) is 40.0 Å². The molecule has 0 unspecified atom stereocenters. The molecule has 1 aromatic carbocycles. The SMILES string of the molecule is COc1cc(=O)n2c(c1C(=O)N[C@H](C)c1ccco1)CCN(C(=O)Cc1cccc(Cl)c1)CC2. The fraction of sp³-hybridized carbons (Fsp3) is 0.320. The number of rotatable bonds is 6. The lowest BCUT2D eigenvalue weighted by Gasteiger charge is -2.20. The number of methoxy groups -OCH3 is 1. The van der Waals surface area contributed by atoms with E-state index in [0.717, 1.165) is 5.56 Å². The number of fused-ring (bicyclic) bond motifs is 1. The summed E-state index contributed by atoms with van der Waals surface area (Å²) in [7, 11) is 1.43. The highest BCUT2D eigenvalue weighted by atomic mass is 35.5. The Balaban J connectivity index is 1.58. The molecule has 4 rings (SSSR count). The number of furan rings is 1. The summed E-state index contributed by atoms with van der Waals surface area (Å²) in [5.41, 5.74) is 1.40. The van der Waals surface area contributed by atoms with Crippen LogP contribution >= 0.6 is 11.6 Å². The average molecular weight is 484 g/mol. The van der Waals surface area contributed by atoms with Crippen LogP contribution in [0.3, 0.4) is 0 Å². The Bertz CT molecular complexity index is 1250. The van der Waals surface area contributed by atoms with Crippen molar-refractivity contribution in [2.45, 2.75) is 32.4 Å². The van der Waals surface area contributed by atoms with E-state index >= 15 is 0 Å². The number of benzene rings is 1. The quantitative estimate of drug-likeness (QED) is 0.581. The summed E-state index contributed by atoms with van der Waals surface area (Å²) in [6.45, 7) is 2.84. The molecule has 1 aliphatic rings. The van der Waals surface area contributed by atoms with E-state index in [-0.39, 0.29) is 42.1 Å². The number of amides is 2. The van der Waals surface area contributed by atoms with Crippen molar-refractivity contribution in [2.24, 2.45) is 0 Å². The highest BCUT2D eigenvalue weighted by Crippen LogP contribution is 2.24. The van der Waals surface area contributed by atoms with E-state index in [9.17, 15) is 14.4 Å². The molecular weight excluding hydrogens is 458 g/mol. The van der Waals surface area contributed by atoms with Gasteiger partial charge in [0.25, 0.3) is 11.5 Å². The van der Waals surface area contributed by atoms with E-state index < -0.39 is 0 Å². The molecule has 0 saturated heterocycles. The van der Waals surface area contributed by atoms with E-state index in [1.807, 2.05) is 19.1 Å². The molecule has 178 valence electrons. The van der Waals surface area contributed by atoms with Crippen LogP contribution in [0.4, 0.5) is 0 Å². The lowest BCUT2D eigenvalue weighted by molar-refractivity contribution is -0.130. The standard InChI is InChI=1S/C25H26ClN3O5/c1-16(20-7-4-12-34-20)27-25(32)24-19-8-9-28(10-11-29(19)23(31)15-21(24)33-2)22(30)14-17-5-3-6-18(26)13-17/h3-7,12-13,15-16H,8-11,14H2,1-2H3,(H,27,32)/t16-/m1/s1. The number of carbonyl (C=O) groups is 2. The second-order valence-electron chi connectivity index (χ2n) is 8.17. The predicted octanol–water partition coefficient (Wildman–Crippen LogP) is 3.22. The second-order valence-corrected chi connectivity index (χ2v) is 8.61. The summed E-state index contributed by atoms with van der Waals surface area (Å²) in [4.78, 5) is 40.8. The Hall–Kier alpha value is -3.52. The monoisotopic (exact) mass is 483 g/mol. The van der Waals surface area contributed by atoms with Gasteiger partial charge in [0.05, 0.1) is 25.8 Å². The number of nitrogens with zero attached hydrogens (tertiary/aromatic N) is 2. The maximum atomic E-state index is 13.3. The minimum atomic E-state index is -0.374. The molecular formula is C25H26ClN3O5. The molecule has 8 nitrogen and oxygen atoms in total. The minimum absolute atomic E-state index is 0.0625. The van der Waals surface area contributed by atoms with Gasteiger partial charge in [-0.15, -0.1) is 0 Å². The number of carbonyl (C=O) groups excluding carboxylic acids is 2. The van der Waals surface area contributed by atoms with Crippen molar-refractivity contribution >= 4 is 23.4 Å². The lowest BCUT2D eigenvalue weighted by atomic mass is 10.1. The normalized spacial score (nSPS) is 14.1. The molecule has 0 saturated carbocycles. The summed E-state index contributed by atoms with van der Waals surface area (Å²) in [5.74, 6) is 0.388. The molecule has 2 aromatic heterocycles. The Morgan fingerprint density at radius 3 is 2.71 bits per heavy atom. The van der Waals surface area contributed by atoms with Crippen LogP contribution in [0.15, 0.2) is 57.9 Å². The van der Waals surface area contributed by atoms with Gasteiger partial charge >= 0.3 is 0 Å². The minimum Gasteiger partial charge on any atom is -0.496 e. The summed E-state index contributed by atoms with van der Waals surface area (Å²) < 4.78 is 12.3. The van der Waals surface area contributed by atoms with Gasteiger partial charge in [0.15, 0.2) is 0 Å². The summed E-state index contributed by atoms with van der Waals surface area (Å²) in [5, 5.41) is 3.49. The molecule has 0 aliphatic carbocycles. The molecule has 1 atom stereocenters. The van der Waals surface area contributed by atoms with Crippen LogP contribution in [0.1, 0.15) is 40.3 Å². The Morgan fingerprint density at radius 1 is 1.18 bits per heavy atom. The average Bonchev–Trinajstić information content (AvgIpc) is 3.25. The molecule has 3 aromatic rings. The van der Waals surface area contributed by atoms with Crippen molar-refractivity contribution in [2.75, 3.05) is 20.2 Å². The first-order valence-corrected chi connectivity index (χ1v) is 11.4. The van der Waals surface area contributed by atoms with E-state index in [0.29, 0.717) is 41.6 Å². The van der Waals surface area contributed by atoms with Crippen molar-refractivity contribution in [3.05, 3.63) is 86.7 Å². The molecule has 1 aliphatic heterocycles. The highest BCUT2D eigenvalue weighted by Gasteiger charge is 2.27. The summed E-state index contributed by atoms with van der Waals surface area (Å²) in [6.07, 6.45) is 2.09. The highest BCUT2D eigenvalue weighted by molar-refractivity contribution is 6.30. The Kier molecular flexibility index (Phi) is 7.07. The number of pyridine rings is 1. The Labute approximate surface area is 202 Å². The largest absolute Gasteiger partial charge is 0.496 e. The Morgan fingerprint density at radius 2 is 2.00 bits per heavy atom. The van der Waals surface area contributed by atoms with Crippen LogP contribution in [0, 0.1) is 0 Å². The van der Waals surface area contributed by atoms with Gasteiger partial charge in [0, 0.05) is 42.8 Å². The van der Waals surface area contributed by atoms with Gasteiger partial charge in [0.1, 0.15) is 17.1 Å². The van der Waals surface area contributed by atoms with Gasteiger partial charge in [-0.05, 0) is 36.8 Å². The molecule has 1 N–H and O–H groups in total. The van der Waals surface area contributed by atoms with E-state index in [4.69, 9.17) is 20.8 Å². The van der Waals surface area contributed by atoms with Gasteiger partial charge in [-0.25, -0.2) is 0 Å². The van der Waals surface area contributed by atoms with Gasteiger partial charge in [0.2, 0.25) is 5.91 Å². The molecule has 0 fully saturated rings. The van der Waals surface area contributed by atoms with Gasteiger partial charge in [-0.3, -0.25) is 14.4 Å². The molecule has 2 amide bonds. The number of ether oxygens (including phenoxy) is 1. The topological polar surface area (TPSA) is 93.8 Å². The van der Waals surface area contributed by atoms with Crippen LogP contribution in [0.5, 0.6) is 5.75 Å². The van der Waals surface area contributed by atoms with Crippen molar-refractivity contribution in [1.29, 1.82) is 0 Å². The van der Waals surface area contributed by atoms with Gasteiger partial charge in [-0.1, -0.05) is 23.7 Å². The first kappa shape index (κ1) is 23.6. The second kappa shape index (κ2) is 10.2. The summed E-state index contributed by atoms with van der Waals surface area (Å²) in [6, 6.07) is 11.7. The third-order valence-electron chi connectivity index (χ3n) is 5.96.